The molecular weight excluding hydrogens is 568 g/mol. The van der Waals surface area contributed by atoms with E-state index in [1.807, 2.05) is 31.2 Å². The predicted molar refractivity (Wildman–Crippen MR) is 171 cm³/mol. The number of nitrogens with one attached hydrogen (secondary N) is 3. The maximum atomic E-state index is 11.8. The van der Waals surface area contributed by atoms with Gasteiger partial charge >= 0.3 is 5.97 Å². The third kappa shape index (κ3) is 10.9. The fourth-order valence-electron chi connectivity index (χ4n) is 5.33. The molecule has 0 amide bonds. The van der Waals surface area contributed by atoms with Crippen LogP contribution in [0.15, 0.2) is 40.1 Å². The molecule has 11 heteroatoms. The number of aromatic nitrogens is 1. The molecule has 2 aliphatic rings. The number of rotatable bonds is 15. The van der Waals surface area contributed by atoms with Crippen molar-refractivity contribution in [3.8, 4) is 6.07 Å². The molecule has 10 nitrogen and oxygen atoms in total. The zero-order valence-electron chi connectivity index (χ0n) is 26.0. The lowest BCUT2D eigenvalue weighted by atomic mass is 9.82. The van der Waals surface area contributed by atoms with E-state index in [2.05, 4.69) is 40.7 Å². The Kier molecular flexibility index (Phi) is 13.9. The average Bonchev–Trinajstić information content (AvgIpc) is 3.02. The average molecular weight is 615 g/mol. The quantitative estimate of drug-likeness (QED) is 0.139. The number of anilines is 1. The van der Waals surface area contributed by atoms with E-state index in [0.29, 0.717) is 74.2 Å². The number of allylic oxidation sites excluding steroid dienone is 3. The predicted octanol–water partition coefficient (Wildman–Crippen LogP) is 5.17. The summed E-state index contributed by atoms with van der Waals surface area (Å²) in [6.45, 7) is 13.7. The van der Waals surface area contributed by atoms with Crippen LogP contribution in [0.2, 0.25) is 0 Å². The van der Waals surface area contributed by atoms with Crippen LogP contribution >= 0.6 is 11.6 Å². The Balaban J connectivity index is 1.54. The number of aliphatic imine (C=N–C) groups is 1. The number of carbonyl (C=O) groups is 1. The second-order valence-electron chi connectivity index (χ2n) is 11.4. The van der Waals surface area contributed by atoms with Gasteiger partial charge in [0, 0.05) is 48.5 Å². The Hall–Kier alpha value is -2.97. The highest BCUT2D eigenvalue weighted by molar-refractivity contribution is 6.32. The molecule has 1 aliphatic carbocycles. The lowest BCUT2D eigenvalue weighted by molar-refractivity contribution is -0.155. The Morgan fingerprint density at radius 3 is 2.60 bits per heavy atom. The Morgan fingerprint density at radius 1 is 1.28 bits per heavy atom. The van der Waals surface area contributed by atoms with Crippen LogP contribution in [0.25, 0.3) is 5.57 Å². The SMILES string of the molecule is C=N/C(=C\C(=C(/C)Cl)c1cccc(NCC2(C#N)CCOCC2)n1)NC1CCC(N[C@@H](C)CO[C@@H](C)C(=O)OCC)CC1. The summed E-state index contributed by atoms with van der Waals surface area (Å²) in [6, 6.07) is 8.96. The van der Waals surface area contributed by atoms with E-state index in [1.165, 1.54) is 0 Å². The lowest BCUT2D eigenvalue weighted by Crippen LogP contribution is -2.44. The van der Waals surface area contributed by atoms with Crippen LogP contribution in [0.4, 0.5) is 5.82 Å². The van der Waals surface area contributed by atoms with E-state index in [0.717, 1.165) is 31.3 Å². The van der Waals surface area contributed by atoms with Crippen LogP contribution < -0.4 is 16.0 Å². The van der Waals surface area contributed by atoms with Crippen molar-refractivity contribution in [1.29, 1.82) is 5.26 Å². The number of halogens is 1. The van der Waals surface area contributed by atoms with E-state index in [9.17, 15) is 10.1 Å². The largest absolute Gasteiger partial charge is 0.464 e. The topological polar surface area (TPSA) is 130 Å². The summed E-state index contributed by atoms with van der Waals surface area (Å²) in [5, 5.41) is 20.9. The summed E-state index contributed by atoms with van der Waals surface area (Å²) in [5.74, 6) is 0.999. The summed E-state index contributed by atoms with van der Waals surface area (Å²) < 4.78 is 16.1. The number of carbonyl (C=O) groups excluding carboxylic acids is 1. The number of nitrogens with zero attached hydrogens (tertiary/aromatic N) is 3. The van der Waals surface area contributed by atoms with Crippen LogP contribution in [0.1, 0.15) is 71.9 Å². The fourth-order valence-corrected chi connectivity index (χ4v) is 5.48. The minimum absolute atomic E-state index is 0.121. The number of hydrogen-bond acceptors (Lipinski definition) is 10. The van der Waals surface area contributed by atoms with E-state index >= 15 is 0 Å². The molecular formula is C32H47ClN6O4. The highest BCUT2D eigenvalue weighted by atomic mass is 35.5. The van der Waals surface area contributed by atoms with Crippen LogP contribution in [-0.2, 0) is 19.0 Å². The maximum Gasteiger partial charge on any atom is 0.334 e. The normalized spacial score (nSPS) is 22.4. The zero-order valence-corrected chi connectivity index (χ0v) is 26.7. The summed E-state index contributed by atoms with van der Waals surface area (Å²) >= 11 is 6.55. The molecule has 2 atom stereocenters. The van der Waals surface area contributed by atoms with Gasteiger partial charge in [0.25, 0.3) is 0 Å². The van der Waals surface area contributed by atoms with Gasteiger partial charge in [-0.2, -0.15) is 5.26 Å². The maximum absolute atomic E-state index is 11.8. The van der Waals surface area contributed by atoms with Crippen LogP contribution in [-0.4, -0.2) is 74.9 Å². The van der Waals surface area contributed by atoms with Gasteiger partial charge in [-0.05, 0) is 91.1 Å². The number of ether oxygens (including phenoxy) is 3. The minimum Gasteiger partial charge on any atom is -0.464 e. The molecule has 1 saturated carbocycles. The molecule has 0 aromatic carbocycles. The molecule has 236 valence electrons. The first-order chi connectivity index (χ1) is 20.7. The van der Waals surface area contributed by atoms with Gasteiger partial charge in [-0.1, -0.05) is 17.7 Å². The monoisotopic (exact) mass is 614 g/mol. The molecule has 0 radical (unpaired) electrons. The molecule has 0 bridgehead atoms. The van der Waals surface area contributed by atoms with E-state index in [-0.39, 0.29) is 18.1 Å². The summed E-state index contributed by atoms with van der Waals surface area (Å²) in [5.41, 5.74) is 1.01. The van der Waals surface area contributed by atoms with Gasteiger partial charge in [-0.15, -0.1) is 0 Å². The summed E-state index contributed by atoms with van der Waals surface area (Å²) in [6.07, 6.45) is 6.67. The first kappa shape index (κ1) is 34.5. The van der Waals surface area contributed by atoms with Crippen molar-refractivity contribution >= 4 is 35.7 Å². The smallest absolute Gasteiger partial charge is 0.334 e. The van der Waals surface area contributed by atoms with E-state index in [4.69, 9.17) is 30.8 Å². The molecule has 1 aromatic heterocycles. The second kappa shape index (κ2) is 17.4. The highest BCUT2D eigenvalue weighted by Gasteiger charge is 2.32. The molecule has 0 spiro atoms. The van der Waals surface area contributed by atoms with Crippen molar-refractivity contribution in [3.63, 3.8) is 0 Å². The first-order valence-electron chi connectivity index (χ1n) is 15.2. The third-order valence-corrected chi connectivity index (χ3v) is 8.16. The third-order valence-electron chi connectivity index (χ3n) is 7.96. The molecule has 2 heterocycles. The Bertz CT molecular complexity index is 1160. The number of hydrogen-bond donors (Lipinski definition) is 3. The molecule has 1 aromatic rings. The van der Waals surface area contributed by atoms with Crippen molar-refractivity contribution in [1.82, 2.24) is 15.6 Å². The van der Waals surface area contributed by atoms with Crippen LogP contribution in [0.3, 0.4) is 0 Å². The zero-order chi connectivity index (χ0) is 31.2. The van der Waals surface area contributed by atoms with E-state index in [1.54, 1.807) is 13.8 Å². The number of esters is 1. The van der Waals surface area contributed by atoms with Gasteiger partial charge in [-0.25, -0.2) is 14.8 Å². The molecule has 3 N–H and O–H groups in total. The summed E-state index contributed by atoms with van der Waals surface area (Å²) in [4.78, 5) is 20.8. The van der Waals surface area contributed by atoms with Crippen LogP contribution in [0.5, 0.6) is 0 Å². The number of nitriles is 1. The molecule has 3 rings (SSSR count). The Morgan fingerprint density at radius 2 is 1.98 bits per heavy atom. The van der Waals surface area contributed by atoms with Gasteiger partial charge in [-0.3, -0.25) is 0 Å². The first-order valence-corrected chi connectivity index (χ1v) is 15.6. The van der Waals surface area contributed by atoms with Crippen molar-refractivity contribution in [2.75, 3.05) is 38.3 Å². The van der Waals surface area contributed by atoms with Gasteiger partial charge in [0.05, 0.1) is 30.4 Å². The van der Waals surface area contributed by atoms with Crippen molar-refractivity contribution in [3.05, 3.63) is 40.8 Å². The van der Waals surface area contributed by atoms with Crippen LogP contribution in [0, 0.1) is 16.7 Å². The van der Waals surface area contributed by atoms with Crippen molar-refractivity contribution < 1.29 is 19.0 Å². The molecule has 43 heavy (non-hydrogen) atoms. The molecule has 2 fully saturated rings. The molecule has 1 saturated heterocycles. The minimum atomic E-state index is -0.571. The van der Waals surface area contributed by atoms with Gasteiger partial charge < -0.3 is 30.2 Å². The molecule has 1 aliphatic heterocycles. The fraction of sp³-hybridized carbons (Fsp3) is 0.625. The Labute approximate surface area is 261 Å². The standard InChI is InChI=1S/C32H47ClN6O4/c1-6-42-31(40)24(4)43-19-22(2)37-25-10-12-26(13-11-25)38-30(35-5)18-27(23(3)33)28-8-7-9-29(39-28)36-21-32(20-34)14-16-41-17-15-32/h7-9,18,22,24-26,37-38H,5-6,10-17,19,21H2,1-4H3,(H,36,39)/b27-23-,30-18+/t22-,24-,25?,26?/m0/s1. The molecule has 0 unspecified atom stereocenters. The van der Waals surface area contributed by atoms with Gasteiger partial charge in [0.2, 0.25) is 0 Å². The van der Waals surface area contributed by atoms with Crippen molar-refractivity contribution in [2.24, 2.45) is 10.4 Å². The lowest BCUT2D eigenvalue weighted by Gasteiger charge is -2.32. The van der Waals surface area contributed by atoms with Gasteiger partial charge in [0.1, 0.15) is 11.6 Å². The summed E-state index contributed by atoms with van der Waals surface area (Å²) in [7, 11) is 0. The number of pyridine rings is 1. The van der Waals surface area contributed by atoms with E-state index < -0.39 is 11.5 Å². The second-order valence-corrected chi connectivity index (χ2v) is 12.0. The van der Waals surface area contributed by atoms with Crippen molar-refractivity contribution in [2.45, 2.75) is 90.4 Å². The highest BCUT2D eigenvalue weighted by Crippen LogP contribution is 2.30. The van der Waals surface area contributed by atoms with Gasteiger partial charge in [0.15, 0.2) is 6.10 Å².